The van der Waals surface area contributed by atoms with Crippen LogP contribution >= 0.6 is 15.9 Å². The summed E-state index contributed by atoms with van der Waals surface area (Å²) in [6.07, 6.45) is 0.711. The van der Waals surface area contributed by atoms with E-state index in [0.717, 1.165) is 22.4 Å². The van der Waals surface area contributed by atoms with Gasteiger partial charge in [-0.15, -0.1) is 0 Å². The van der Waals surface area contributed by atoms with E-state index in [4.69, 9.17) is 23.9 Å². The Bertz CT molecular complexity index is 1710. The molecule has 0 unspecified atom stereocenters. The fraction of sp³-hybridized carbons (Fsp3) is 0.312. The first-order valence-corrected chi connectivity index (χ1v) is 14.3. The van der Waals surface area contributed by atoms with E-state index in [-0.39, 0.29) is 11.5 Å². The highest BCUT2D eigenvalue weighted by atomic mass is 79.9. The number of benzene rings is 3. The molecule has 0 bridgehead atoms. The quantitative estimate of drug-likeness (QED) is 0.145. The van der Waals surface area contributed by atoms with E-state index >= 15 is 0 Å². The number of ether oxygens (including phenoxy) is 4. The number of aryl methyl sites for hydroxylation is 1. The van der Waals surface area contributed by atoms with Crippen LogP contribution in [-0.2, 0) is 9.53 Å². The fourth-order valence-corrected chi connectivity index (χ4v) is 5.08. The fourth-order valence-electron chi connectivity index (χ4n) is 4.53. The van der Waals surface area contributed by atoms with E-state index in [1.54, 1.807) is 44.5 Å². The third-order valence-corrected chi connectivity index (χ3v) is 7.26. The van der Waals surface area contributed by atoms with Gasteiger partial charge in [-0.1, -0.05) is 26.0 Å². The number of hydrogen-bond acceptors (Lipinski definition) is 8. The Morgan fingerprint density at radius 1 is 1.10 bits per heavy atom. The van der Waals surface area contributed by atoms with Gasteiger partial charge >= 0.3 is 5.97 Å². The van der Waals surface area contributed by atoms with Gasteiger partial charge in [0.25, 0.3) is 5.56 Å². The van der Waals surface area contributed by atoms with Gasteiger partial charge in [0.05, 0.1) is 42.4 Å². The second-order valence-electron chi connectivity index (χ2n) is 9.92. The van der Waals surface area contributed by atoms with Gasteiger partial charge in [-0.2, -0.15) is 9.78 Å². The smallest absolute Gasteiger partial charge is 0.346 e. The van der Waals surface area contributed by atoms with Gasteiger partial charge < -0.3 is 18.9 Å². The summed E-state index contributed by atoms with van der Waals surface area (Å²) in [5.74, 6) is 1.61. The van der Waals surface area contributed by atoms with Gasteiger partial charge in [-0.25, -0.2) is 9.78 Å². The molecule has 3 aromatic carbocycles. The van der Waals surface area contributed by atoms with Gasteiger partial charge in [-0.05, 0) is 95.7 Å². The second kappa shape index (κ2) is 13.2. The van der Waals surface area contributed by atoms with Crippen LogP contribution in [0, 0.1) is 6.92 Å². The number of carbonyl (C=O) groups is 1. The molecule has 0 saturated heterocycles. The Balaban J connectivity index is 1.88. The van der Waals surface area contributed by atoms with Crippen molar-refractivity contribution < 1.29 is 23.7 Å². The van der Waals surface area contributed by atoms with Gasteiger partial charge in [0, 0.05) is 5.56 Å². The SMILES string of the molecule is CCOc1cc(C=Nn2c(-c3cc(C(C)C)c(OC)cc3C)nc3ccccc3c2=O)cc(Br)c1O[C@@H](C)C(=O)OC. The highest BCUT2D eigenvalue weighted by Crippen LogP contribution is 2.38. The van der Waals surface area contributed by atoms with Crippen molar-refractivity contribution in [1.82, 2.24) is 9.66 Å². The summed E-state index contributed by atoms with van der Waals surface area (Å²) in [5.41, 5.74) is 3.57. The molecule has 9 nitrogen and oxygen atoms in total. The van der Waals surface area contributed by atoms with Crippen molar-refractivity contribution in [2.24, 2.45) is 5.10 Å². The standard InChI is InChI=1S/C32H34BrN3O6/c1-8-41-28-15-21(14-25(33)29(28)42-20(5)32(38)40-7)17-34-36-30(35-26-12-10-9-11-22(26)31(36)37)24-16-23(18(2)3)27(39-6)13-19(24)4/h9-18,20H,8H2,1-7H3/t20-/m0/s1. The summed E-state index contributed by atoms with van der Waals surface area (Å²) in [5, 5.41) is 5.08. The monoisotopic (exact) mass is 635 g/mol. The van der Waals surface area contributed by atoms with Crippen LogP contribution < -0.4 is 19.8 Å². The molecule has 4 aromatic rings. The average molecular weight is 637 g/mol. The maximum atomic E-state index is 13.8. The van der Waals surface area contributed by atoms with Crippen molar-refractivity contribution in [2.75, 3.05) is 20.8 Å². The molecule has 0 spiro atoms. The highest BCUT2D eigenvalue weighted by molar-refractivity contribution is 9.10. The first kappa shape index (κ1) is 30.8. The number of para-hydroxylation sites is 1. The molecule has 42 heavy (non-hydrogen) atoms. The second-order valence-corrected chi connectivity index (χ2v) is 10.8. The van der Waals surface area contributed by atoms with Gasteiger partial charge in [0.15, 0.2) is 23.4 Å². The minimum Gasteiger partial charge on any atom is -0.496 e. The lowest BCUT2D eigenvalue weighted by molar-refractivity contribution is -0.148. The number of methoxy groups -OCH3 is 2. The summed E-state index contributed by atoms with van der Waals surface area (Å²) in [4.78, 5) is 30.6. The number of rotatable bonds is 10. The van der Waals surface area contributed by atoms with Crippen molar-refractivity contribution in [2.45, 2.75) is 46.6 Å². The molecule has 0 aliphatic carbocycles. The predicted molar refractivity (Wildman–Crippen MR) is 167 cm³/mol. The van der Waals surface area contributed by atoms with Gasteiger partial charge in [-0.3, -0.25) is 4.79 Å². The Morgan fingerprint density at radius 2 is 1.83 bits per heavy atom. The molecule has 1 atom stereocenters. The predicted octanol–water partition coefficient (Wildman–Crippen LogP) is 6.49. The molecule has 10 heteroatoms. The van der Waals surface area contributed by atoms with E-state index in [1.165, 1.54) is 11.8 Å². The number of hydrogen-bond donors (Lipinski definition) is 0. The van der Waals surface area contributed by atoms with Crippen molar-refractivity contribution in [3.8, 4) is 28.6 Å². The minimum atomic E-state index is -0.849. The van der Waals surface area contributed by atoms with E-state index in [9.17, 15) is 9.59 Å². The average Bonchev–Trinajstić information content (AvgIpc) is 2.97. The molecule has 1 heterocycles. The number of aromatic nitrogens is 2. The maximum absolute atomic E-state index is 13.8. The molecular weight excluding hydrogens is 602 g/mol. The van der Waals surface area contributed by atoms with Crippen LogP contribution in [0.1, 0.15) is 50.3 Å². The molecule has 0 aliphatic rings. The van der Waals surface area contributed by atoms with Crippen LogP contribution in [0.4, 0.5) is 0 Å². The third kappa shape index (κ3) is 6.33. The van der Waals surface area contributed by atoms with E-state index < -0.39 is 12.1 Å². The van der Waals surface area contributed by atoms with E-state index in [2.05, 4.69) is 34.9 Å². The molecule has 0 N–H and O–H groups in total. The molecule has 0 radical (unpaired) electrons. The Morgan fingerprint density at radius 3 is 2.50 bits per heavy atom. The van der Waals surface area contributed by atoms with Gasteiger partial charge in [0.2, 0.25) is 0 Å². The lowest BCUT2D eigenvalue weighted by atomic mass is 9.96. The normalized spacial score (nSPS) is 12.1. The van der Waals surface area contributed by atoms with Crippen molar-refractivity contribution >= 4 is 39.0 Å². The van der Waals surface area contributed by atoms with Crippen LogP contribution in [0.15, 0.2) is 62.9 Å². The topological polar surface area (TPSA) is 101 Å². The summed E-state index contributed by atoms with van der Waals surface area (Å²) >= 11 is 3.53. The molecule has 220 valence electrons. The van der Waals surface area contributed by atoms with Crippen LogP contribution in [0.3, 0.4) is 0 Å². The Labute approximate surface area is 253 Å². The van der Waals surface area contributed by atoms with Crippen LogP contribution in [-0.4, -0.2) is 48.8 Å². The molecule has 0 fully saturated rings. The maximum Gasteiger partial charge on any atom is 0.346 e. The van der Waals surface area contributed by atoms with Crippen molar-refractivity contribution in [3.05, 3.63) is 80.0 Å². The largest absolute Gasteiger partial charge is 0.496 e. The van der Waals surface area contributed by atoms with E-state index in [0.29, 0.717) is 44.9 Å². The number of nitrogens with zero attached hydrogens (tertiary/aromatic N) is 3. The molecule has 0 amide bonds. The summed E-state index contributed by atoms with van der Waals surface area (Å²) < 4.78 is 23.9. The molecule has 4 rings (SSSR count). The Kier molecular flexibility index (Phi) is 9.67. The third-order valence-electron chi connectivity index (χ3n) is 6.68. The minimum absolute atomic E-state index is 0.181. The summed E-state index contributed by atoms with van der Waals surface area (Å²) in [7, 11) is 2.95. The molecule has 1 aromatic heterocycles. The number of halogens is 1. The zero-order valence-electron chi connectivity index (χ0n) is 24.7. The zero-order chi connectivity index (χ0) is 30.6. The van der Waals surface area contributed by atoms with Crippen LogP contribution in [0.2, 0.25) is 0 Å². The summed E-state index contributed by atoms with van der Waals surface area (Å²) in [6, 6.07) is 14.7. The highest BCUT2D eigenvalue weighted by Gasteiger charge is 2.21. The summed E-state index contributed by atoms with van der Waals surface area (Å²) in [6.45, 7) is 9.93. The zero-order valence-corrected chi connectivity index (χ0v) is 26.3. The first-order chi connectivity index (χ1) is 20.1. The number of esters is 1. The lowest BCUT2D eigenvalue weighted by Gasteiger charge is -2.18. The first-order valence-electron chi connectivity index (χ1n) is 13.5. The molecule has 0 aliphatic heterocycles. The van der Waals surface area contributed by atoms with E-state index in [1.807, 2.05) is 38.1 Å². The number of carbonyl (C=O) groups excluding carboxylic acids is 1. The number of fused-ring (bicyclic) bond motifs is 1. The van der Waals surface area contributed by atoms with Crippen molar-refractivity contribution in [3.63, 3.8) is 0 Å². The molecule has 0 saturated carbocycles. The lowest BCUT2D eigenvalue weighted by Crippen LogP contribution is -2.25. The van der Waals surface area contributed by atoms with Crippen LogP contribution in [0.25, 0.3) is 22.3 Å². The molecular formula is C32H34BrN3O6. The Hall–Kier alpha value is -4.18. The van der Waals surface area contributed by atoms with Crippen molar-refractivity contribution in [1.29, 1.82) is 0 Å². The van der Waals surface area contributed by atoms with Gasteiger partial charge in [0.1, 0.15) is 5.75 Å². The van der Waals surface area contributed by atoms with Crippen LogP contribution in [0.5, 0.6) is 17.2 Å².